The van der Waals surface area contributed by atoms with Gasteiger partial charge in [-0.3, -0.25) is 0 Å². The van der Waals surface area contributed by atoms with Crippen molar-refractivity contribution in [3.05, 3.63) is 40.7 Å². The van der Waals surface area contributed by atoms with E-state index in [0.29, 0.717) is 0 Å². The molecule has 1 aromatic rings. The topological polar surface area (TPSA) is 0 Å². The molecular weight excluding hydrogens is 162 g/mol. The molecule has 0 atom stereocenters. The van der Waals surface area contributed by atoms with Gasteiger partial charge in [0.25, 0.3) is 0 Å². The van der Waals surface area contributed by atoms with Gasteiger partial charge in [0, 0.05) is 5.02 Å². The van der Waals surface area contributed by atoms with E-state index >= 15 is 0 Å². The van der Waals surface area contributed by atoms with Gasteiger partial charge in [0.1, 0.15) is 0 Å². The summed E-state index contributed by atoms with van der Waals surface area (Å²) in [7, 11) is 0. The molecule has 0 aliphatic heterocycles. The van der Waals surface area contributed by atoms with Crippen LogP contribution in [0.4, 0.5) is 0 Å². The van der Waals surface area contributed by atoms with Crippen LogP contribution in [-0.4, -0.2) is 0 Å². The van der Waals surface area contributed by atoms with Crippen LogP contribution in [0.3, 0.4) is 0 Å². The number of benzene rings is 1. The molecule has 0 bridgehead atoms. The monoisotopic (exact) mass is 166 g/mol. The van der Waals surface area contributed by atoms with Crippen molar-refractivity contribution in [3.63, 3.8) is 0 Å². The maximum Gasteiger partial charge on any atom is 1.00 e. The second kappa shape index (κ2) is 4.99. The van der Waals surface area contributed by atoms with Crippen LogP contribution in [-0.2, 0) is 0 Å². The maximum atomic E-state index is 5.61. The Hall–Kier alpha value is 0.267. The van der Waals surface area contributed by atoms with Gasteiger partial charge in [0.15, 0.2) is 0 Å². The zero-order valence-electron chi connectivity index (χ0n) is 5.64. The molecule has 0 nitrogen and oxygen atoms in total. The van der Waals surface area contributed by atoms with Gasteiger partial charge in [-0.05, 0) is 0 Å². The number of rotatable bonds is 1. The van der Waals surface area contributed by atoms with E-state index in [9.17, 15) is 0 Å². The van der Waals surface area contributed by atoms with Crippen molar-refractivity contribution in [3.8, 4) is 0 Å². The molecule has 0 aliphatic rings. The van der Waals surface area contributed by atoms with E-state index in [1.807, 2.05) is 12.1 Å². The number of hydrogen-bond donors (Lipinski definition) is 0. The van der Waals surface area contributed by atoms with Crippen LogP contribution in [0.15, 0.2) is 24.3 Å². The molecule has 0 radical (unpaired) electrons. The third-order valence-electron chi connectivity index (χ3n) is 0.996. The average molecular weight is 167 g/mol. The Labute approximate surface area is 82.7 Å². The molecule has 0 saturated heterocycles. The molecule has 3 heteroatoms. The fourth-order valence-electron chi connectivity index (χ4n) is 0.536. The summed E-state index contributed by atoms with van der Waals surface area (Å²) in [5.41, 5.74) is 0.973. The Morgan fingerprint density at radius 2 is 1.60 bits per heavy atom. The Morgan fingerprint density at radius 1 is 1.10 bits per heavy atom. The van der Waals surface area contributed by atoms with Gasteiger partial charge >= 0.3 is 18.9 Å². The van der Waals surface area contributed by atoms with E-state index < -0.39 is 0 Å². The Morgan fingerprint density at radius 3 is 2.00 bits per heavy atom. The Kier molecular flexibility index (Phi) is 5.12. The second-order valence-electron chi connectivity index (χ2n) is 1.66. The minimum absolute atomic E-state index is 0. The SMILES string of the molecule is Cl[CH-]c1ccc(Cl)cc1.[Li+]. The van der Waals surface area contributed by atoms with Crippen LogP contribution in [0.1, 0.15) is 5.56 Å². The molecule has 1 rings (SSSR count). The molecular formula is C7H5Cl2Li. The molecule has 0 unspecified atom stereocenters. The van der Waals surface area contributed by atoms with E-state index in [1.165, 1.54) is 5.88 Å². The number of hydrogen-bond acceptors (Lipinski definition) is 0. The number of halogens is 2. The van der Waals surface area contributed by atoms with Gasteiger partial charge in [-0.1, -0.05) is 29.6 Å². The summed E-state index contributed by atoms with van der Waals surface area (Å²) in [6, 6.07) is 7.32. The molecule has 1 aromatic carbocycles. The zero-order valence-corrected chi connectivity index (χ0v) is 7.15. The fourth-order valence-corrected chi connectivity index (χ4v) is 0.807. The second-order valence-corrected chi connectivity index (χ2v) is 2.32. The molecule has 0 amide bonds. The quantitative estimate of drug-likeness (QED) is 0.410. The molecule has 0 heterocycles. The maximum absolute atomic E-state index is 5.61. The Bertz CT molecular complexity index is 183. The Balaban J connectivity index is 0.000000810. The first-order chi connectivity index (χ1) is 4.33. The molecule has 0 spiro atoms. The zero-order chi connectivity index (χ0) is 6.69. The summed E-state index contributed by atoms with van der Waals surface area (Å²) in [5, 5.41) is 0.734. The minimum Gasteiger partial charge on any atom is -0.177 e. The largest absolute Gasteiger partial charge is 1.00 e. The van der Waals surface area contributed by atoms with Crippen LogP contribution in [0.2, 0.25) is 5.02 Å². The first kappa shape index (κ1) is 10.3. The first-order valence-electron chi connectivity index (χ1n) is 2.52. The van der Waals surface area contributed by atoms with Gasteiger partial charge < -0.3 is 0 Å². The normalized spacial score (nSPS) is 8.20. The van der Waals surface area contributed by atoms with Crippen LogP contribution in [0, 0.1) is 5.88 Å². The molecule has 0 fully saturated rings. The van der Waals surface area contributed by atoms with Crippen molar-refractivity contribution in [1.29, 1.82) is 0 Å². The minimum atomic E-state index is 0. The van der Waals surface area contributed by atoms with Gasteiger partial charge in [-0.15, -0.1) is 0 Å². The van der Waals surface area contributed by atoms with E-state index in [1.54, 1.807) is 12.1 Å². The van der Waals surface area contributed by atoms with Crippen LogP contribution in [0.5, 0.6) is 0 Å². The van der Waals surface area contributed by atoms with Gasteiger partial charge in [0.05, 0.1) is 0 Å². The van der Waals surface area contributed by atoms with Crippen molar-refractivity contribution < 1.29 is 18.9 Å². The first-order valence-corrected chi connectivity index (χ1v) is 3.33. The van der Waals surface area contributed by atoms with Crippen molar-refractivity contribution in [2.45, 2.75) is 0 Å². The smallest absolute Gasteiger partial charge is 0.177 e. The third-order valence-corrected chi connectivity index (χ3v) is 1.50. The predicted octanol–water partition coefficient (Wildman–Crippen LogP) is 0.0927. The van der Waals surface area contributed by atoms with E-state index in [-0.39, 0.29) is 18.9 Å². The van der Waals surface area contributed by atoms with Gasteiger partial charge in [0.2, 0.25) is 0 Å². The predicted molar refractivity (Wildman–Crippen MR) is 40.7 cm³/mol. The van der Waals surface area contributed by atoms with Crippen molar-refractivity contribution in [2.24, 2.45) is 0 Å². The summed E-state index contributed by atoms with van der Waals surface area (Å²) in [6.45, 7) is 0. The van der Waals surface area contributed by atoms with Gasteiger partial charge in [-0.2, -0.15) is 29.3 Å². The van der Waals surface area contributed by atoms with Crippen LogP contribution < -0.4 is 18.9 Å². The van der Waals surface area contributed by atoms with Crippen molar-refractivity contribution >= 4 is 23.2 Å². The molecule has 0 aromatic heterocycles. The summed E-state index contributed by atoms with van der Waals surface area (Å²) < 4.78 is 0. The summed E-state index contributed by atoms with van der Waals surface area (Å²) in [5.74, 6) is 1.51. The molecule has 10 heavy (non-hydrogen) atoms. The molecule has 48 valence electrons. The molecule has 0 saturated carbocycles. The van der Waals surface area contributed by atoms with E-state index in [2.05, 4.69) is 0 Å². The third kappa shape index (κ3) is 2.90. The summed E-state index contributed by atoms with van der Waals surface area (Å²) in [4.78, 5) is 0. The van der Waals surface area contributed by atoms with Crippen LogP contribution in [0.25, 0.3) is 0 Å². The summed E-state index contributed by atoms with van der Waals surface area (Å²) in [6.07, 6.45) is 0. The van der Waals surface area contributed by atoms with Crippen molar-refractivity contribution in [2.75, 3.05) is 0 Å². The van der Waals surface area contributed by atoms with Gasteiger partial charge in [-0.25, -0.2) is 0 Å². The molecule has 0 N–H and O–H groups in total. The molecule has 0 aliphatic carbocycles. The standard InChI is InChI=1S/C7H5Cl2.Li/c8-5-6-1-3-7(9)4-2-6;/h1-5H;/q-1;+1. The fraction of sp³-hybridized carbons (Fsp3) is 0. The average Bonchev–Trinajstić information content (AvgIpc) is 1.90. The summed E-state index contributed by atoms with van der Waals surface area (Å²) >= 11 is 11.0. The van der Waals surface area contributed by atoms with Crippen molar-refractivity contribution in [1.82, 2.24) is 0 Å². The van der Waals surface area contributed by atoms with Crippen LogP contribution >= 0.6 is 23.2 Å². The van der Waals surface area contributed by atoms with E-state index in [0.717, 1.165) is 10.6 Å². The van der Waals surface area contributed by atoms with E-state index in [4.69, 9.17) is 23.2 Å².